The van der Waals surface area contributed by atoms with Crippen molar-refractivity contribution >= 4 is 6.03 Å². The van der Waals surface area contributed by atoms with Crippen molar-refractivity contribution in [2.24, 2.45) is 5.41 Å². The van der Waals surface area contributed by atoms with Crippen LogP contribution in [0, 0.1) is 5.41 Å². The van der Waals surface area contributed by atoms with Crippen LogP contribution in [0.1, 0.15) is 38.7 Å². The first-order valence-corrected chi connectivity index (χ1v) is 10.2. The number of hydrogen-bond acceptors (Lipinski definition) is 2. The minimum absolute atomic E-state index is 0.000527. The van der Waals surface area contributed by atoms with Gasteiger partial charge in [-0.15, -0.1) is 0 Å². The van der Waals surface area contributed by atoms with E-state index in [0.29, 0.717) is 6.54 Å². The number of likely N-dealkylation sites (N-methyl/N-ethyl adjacent to an activating group) is 1. The fourth-order valence-corrected chi connectivity index (χ4v) is 3.84. The maximum atomic E-state index is 12.8. The molecule has 1 saturated heterocycles. The van der Waals surface area contributed by atoms with E-state index in [4.69, 9.17) is 0 Å². The van der Waals surface area contributed by atoms with Crippen molar-refractivity contribution in [3.63, 3.8) is 0 Å². The number of nitrogens with one attached hydrogen (secondary N) is 1. The summed E-state index contributed by atoms with van der Waals surface area (Å²) in [5.74, 6) is 0. The summed E-state index contributed by atoms with van der Waals surface area (Å²) in [6.07, 6.45) is 9.90. The van der Waals surface area contributed by atoms with Crippen LogP contribution in [0.5, 0.6) is 0 Å². The third-order valence-corrected chi connectivity index (χ3v) is 5.73. The molecule has 1 unspecified atom stereocenters. The predicted octanol–water partition coefficient (Wildman–Crippen LogP) is 4.72. The Kier molecular flexibility index (Phi) is 6.28. The van der Waals surface area contributed by atoms with Crippen LogP contribution in [0.3, 0.4) is 0 Å². The third-order valence-electron chi connectivity index (χ3n) is 5.73. The molecule has 1 N–H and O–H groups in total. The summed E-state index contributed by atoms with van der Waals surface area (Å²) in [5.41, 5.74) is 3.70. The lowest BCUT2D eigenvalue weighted by Gasteiger charge is -2.33. The molecule has 0 aromatic heterocycles. The van der Waals surface area contributed by atoms with Crippen LogP contribution in [0.4, 0.5) is 4.79 Å². The Bertz CT molecular complexity index is 763. The number of carbonyl (C=O) groups is 1. The second kappa shape index (κ2) is 8.68. The lowest BCUT2D eigenvalue weighted by atomic mass is 9.84. The molecule has 150 valence electrons. The number of allylic oxidation sites excluding steroid dienone is 2. The number of hydrogen-bond donors (Lipinski definition) is 1. The molecular formula is C24H33N3O. The van der Waals surface area contributed by atoms with Crippen molar-refractivity contribution in [3.05, 3.63) is 72.0 Å². The average molecular weight is 380 g/mol. The van der Waals surface area contributed by atoms with E-state index in [0.717, 1.165) is 43.6 Å². The number of rotatable bonds is 6. The summed E-state index contributed by atoms with van der Waals surface area (Å²) in [6.45, 7) is 11.0. The van der Waals surface area contributed by atoms with Crippen molar-refractivity contribution in [2.45, 2.75) is 45.7 Å². The smallest absolute Gasteiger partial charge is 0.318 e. The molecule has 1 aliphatic carbocycles. The molecule has 4 heteroatoms. The molecule has 28 heavy (non-hydrogen) atoms. The minimum atomic E-state index is -0.000527. The van der Waals surface area contributed by atoms with Crippen molar-refractivity contribution < 1.29 is 4.79 Å². The molecule has 2 amide bonds. The van der Waals surface area contributed by atoms with Crippen LogP contribution in [-0.2, 0) is 6.54 Å². The zero-order chi connectivity index (χ0) is 20.1. The maximum Gasteiger partial charge on any atom is 0.318 e. The zero-order valence-corrected chi connectivity index (χ0v) is 17.4. The van der Waals surface area contributed by atoms with Gasteiger partial charge in [0.05, 0.1) is 6.04 Å². The summed E-state index contributed by atoms with van der Waals surface area (Å²) in [5, 5.41) is 3.06. The first-order valence-electron chi connectivity index (χ1n) is 10.2. The maximum absolute atomic E-state index is 12.8. The largest absolute Gasteiger partial charge is 0.372 e. The van der Waals surface area contributed by atoms with Gasteiger partial charge in [-0.05, 0) is 35.8 Å². The van der Waals surface area contributed by atoms with Gasteiger partial charge in [0.25, 0.3) is 0 Å². The SMILES string of the molecule is C=C(C1CCCN1C(=O)NCc1ccccc1)N(C)CC1=CCC(C)(C)C=C1. The molecule has 1 atom stereocenters. The van der Waals surface area contributed by atoms with Gasteiger partial charge < -0.3 is 15.1 Å². The van der Waals surface area contributed by atoms with E-state index < -0.39 is 0 Å². The van der Waals surface area contributed by atoms with E-state index in [9.17, 15) is 4.79 Å². The topological polar surface area (TPSA) is 35.6 Å². The number of amides is 2. The Labute approximate surface area is 169 Å². The Morgan fingerprint density at radius 3 is 2.75 bits per heavy atom. The van der Waals surface area contributed by atoms with E-state index in [1.807, 2.05) is 35.2 Å². The van der Waals surface area contributed by atoms with Gasteiger partial charge in [-0.3, -0.25) is 0 Å². The van der Waals surface area contributed by atoms with Crippen molar-refractivity contribution in [1.82, 2.24) is 15.1 Å². The number of carbonyl (C=O) groups excluding carboxylic acids is 1. The first kappa shape index (κ1) is 20.2. The molecule has 0 radical (unpaired) electrons. The van der Waals surface area contributed by atoms with E-state index in [1.165, 1.54) is 5.57 Å². The monoisotopic (exact) mass is 379 g/mol. The Morgan fingerprint density at radius 1 is 1.32 bits per heavy atom. The summed E-state index contributed by atoms with van der Waals surface area (Å²) in [6, 6.07) is 10.1. The van der Waals surface area contributed by atoms with Crippen molar-refractivity contribution in [1.29, 1.82) is 0 Å². The molecule has 4 nitrogen and oxygen atoms in total. The van der Waals surface area contributed by atoms with Crippen LogP contribution in [-0.4, -0.2) is 42.0 Å². The highest BCUT2D eigenvalue weighted by molar-refractivity contribution is 5.75. The first-order chi connectivity index (χ1) is 13.4. The Hall–Kier alpha value is -2.49. The molecule has 0 saturated carbocycles. The molecular weight excluding hydrogens is 346 g/mol. The number of urea groups is 1. The number of nitrogens with zero attached hydrogens (tertiary/aromatic N) is 2. The molecule has 1 aromatic rings. The highest BCUT2D eigenvalue weighted by Crippen LogP contribution is 2.30. The van der Waals surface area contributed by atoms with E-state index in [-0.39, 0.29) is 17.5 Å². The highest BCUT2D eigenvalue weighted by Gasteiger charge is 2.32. The second-order valence-electron chi connectivity index (χ2n) is 8.65. The molecule has 1 aromatic carbocycles. The number of likely N-dealkylation sites (tertiary alicyclic amines) is 1. The summed E-state index contributed by atoms with van der Waals surface area (Å²) in [4.78, 5) is 16.9. The third kappa shape index (κ3) is 5.06. The molecule has 0 bridgehead atoms. The summed E-state index contributed by atoms with van der Waals surface area (Å²) >= 11 is 0. The van der Waals surface area contributed by atoms with Crippen LogP contribution in [0.25, 0.3) is 0 Å². The lowest BCUT2D eigenvalue weighted by molar-refractivity contribution is 0.191. The molecule has 2 aliphatic rings. The van der Waals surface area contributed by atoms with Crippen molar-refractivity contribution in [3.8, 4) is 0 Å². The van der Waals surface area contributed by atoms with Crippen LogP contribution in [0.2, 0.25) is 0 Å². The Balaban J connectivity index is 1.55. The van der Waals surface area contributed by atoms with Gasteiger partial charge >= 0.3 is 6.03 Å². The lowest BCUT2D eigenvalue weighted by Crippen LogP contribution is -2.45. The van der Waals surface area contributed by atoms with Gasteiger partial charge in [-0.25, -0.2) is 4.79 Å². The van der Waals surface area contributed by atoms with Crippen molar-refractivity contribution in [2.75, 3.05) is 20.1 Å². The number of benzene rings is 1. The van der Waals surface area contributed by atoms with Gasteiger partial charge in [0.2, 0.25) is 0 Å². The summed E-state index contributed by atoms with van der Waals surface area (Å²) in [7, 11) is 2.08. The molecule has 1 aliphatic heterocycles. The summed E-state index contributed by atoms with van der Waals surface area (Å²) < 4.78 is 0. The van der Waals surface area contributed by atoms with Gasteiger partial charge in [-0.2, -0.15) is 0 Å². The average Bonchev–Trinajstić information content (AvgIpc) is 3.18. The molecule has 1 fully saturated rings. The second-order valence-corrected chi connectivity index (χ2v) is 8.65. The van der Waals surface area contributed by atoms with Crippen LogP contribution < -0.4 is 5.32 Å². The standard InChI is InChI=1S/C24H33N3O/c1-19(26(4)18-21-12-14-24(2,3)15-13-21)22-11-8-16-27(22)23(28)25-17-20-9-6-5-7-10-20/h5-7,9-10,12-14,22H,1,8,11,15-18H2,2-4H3,(H,25,28). The quantitative estimate of drug-likeness (QED) is 0.776. The van der Waals surface area contributed by atoms with Crippen LogP contribution in [0.15, 0.2) is 66.4 Å². The van der Waals surface area contributed by atoms with E-state index in [2.05, 4.69) is 55.9 Å². The predicted molar refractivity (Wildman–Crippen MR) is 116 cm³/mol. The fourth-order valence-electron chi connectivity index (χ4n) is 3.84. The van der Waals surface area contributed by atoms with Gasteiger partial charge in [0, 0.05) is 32.4 Å². The van der Waals surface area contributed by atoms with Gasteiger partial charge in [0.15, 0.2) is 0 Å². The van der Waals surface area contributed by atoms with E-state index in [1.54, 1.807) is 0 Å². The fraction of sp³-hybridized carbons (Fsp3) is 0.458. The van der Waals surface area contributed by atoms with E-state index >= 15 is 0 Å². The Morgan fingerprint density at radius 2 is 2.07 bits per heavy atom. The van der Waals surface area contributed by atoms with Crippen LogP contribution >= 0.6 is 0 Å². The zero-order valence-electron chi connectivity index (χ0n) is 17.4. The van der Waals surface area contributed by atoms with Gasteiger partial charge in [-0.1, -0.05) is 69.0 Å². The van der Waals surface area contributed by atoms with Gasteiger partial charge in [0.1, 0.15) is 0 Å². The normalized spacial score (nSPS) is 20.6. The molecule has 0 spiro atoms. The highest BCUT2D eigenvalue weighted by atomic mass is 16.2. The molecule has 1 heterocycles. The molecule has 3 rings (SSSR count). The minimum Gasteiger partial charge on any atom is -0.372 e.